The number of benzene rings is 2. The Bertz CT molecular complexity index is 964. The maximum Gasteiger partial charge on any atom is 0.344 e. The van der Waals surface area contributed by atoms with Crippen molar-refractivity contribution in [3.05, 3.63) is 62.9 Å². The van der Waals surface area contributed by atoms with Gasteiger partial charge in [0.05, 0.1) is 4.92 Å². The summed E-state index contributed by atoms with van der Waals surface area (Å²) in [5.41, 5.74) is 0.854. The fourth-order valence-corrected chi connectivity index (χ4v) is 3.34. The molecular weight excluding hydrogens is 477 g/mol. The molecular formula is C20H19BrFN3O6. The number of halogens is 2. The number of hydrogen-bond donors (Lipinski definition) is 0. The van der Waals surface area contributed by atoms with Gasteiger partial charge in [0, 0.05) is 48.5 Å². The van der Waals surface area contributed by atoms with Crippen molar-refractivity contribution in [2.45, 2.75) is 0 Å². The summed E-state index contributed by atoms with van der Waals surface area (Å²) >= 11 is 3.12. The quantitative estimate of drug-likeness (QED) is 0.330. The van der Waals surface area contributed by atoms with Gasteiger partial charge in [0.2, 0.25) is 0 Å². The molecule has 3 rings (SSSR count). The van der Waals surface area contributed by atoms with E-state index in [1.807, 2.05) is 4.90 Å². The molecule has 0 unspecified atom stereocenters. The van der Waals surface area contributed by atoms with Gasteiger partial charge in [0.1, 0.15) is 0 Å². The summed E-state index contributed by atoms with van der Waals surface area (Å²) < 4.78 is 24.2. The van der Waals surface area contributed by atoms with Gasteiger partial charge >= 0.3 is 5.97 Å². The summed E-state index contributed by atoms with van der Waals surface area (Å²) in [5.74, 6) is -1.83. The standard InChI is InChI=1S/C20H19BrFN3O6/c21-14-1-6-18(17(22)11-14)30-13-20(27)31-12-19(26)24-9-7-23(8-10-24)15-2-4-16(5-3-15)25(28)29/h1-6,11H,7-10,12-13H2. The van der Waals surface area contributed by atoms with Crippen molar-refractivity contribution >= 4 is 39.2 Å². The molecule has 0 atom stereocenters. The SMILES string of the molecule is O=C(COc1ccc(Br)cc1F)OCC(=O)N1CCN(c2ccc([N+](=O)[O-])cc2)CC1. The summed E-state index contributed by atoms with van der Waals surface area (Å²) in [4.78, 5) is 37.9. The normalized spacial score (nSPS) is 13.6. The minimum absolute atomic E-state index is 0.0197. The molecule has 164 valence electrons. The van der Waals surface area contributed by atoms with Gasteiger partial charge in [-0.05, 0) is 30.3 Å². The maximum absolute atomic E-state index is 13.7. The van der Waals surface area contributed by atoms with E-state index in [9.17, 15) is 24.1 Å². The first-order valence-electron chi connectivity index (χ1n) is 9.34. The third-order valence-electron chi connectivity index (χ3n) is 4.65. The number of amides is 1. The van der Waals surface area contributed by atoms with Crippen LogP contribution in [0.25, 0.3) is 0 Å². The Morgan fingerprint density at radius 1 is 1.06 bits per heavy atom. The molecule has 0 N–H and O–H groups in total. The smallest absolute Gasteiger partial charge is 0.344 e. The number of nitro groups is 1. The molecule has 0 bridgehead atoms. The summed E-state index contributed by atoms with van der Waals surface area (Å²) in [6.07, 6.45) is 0. The number of piperazine rings is 1. The number of rotatable bonds is 7. The van der Waals surface area contributed by atoms with Crippen molar-refractivity contribution in [1.29, 1.82) is 0 Å². The van der Waals surface area contributed by atoms with Crippen molar-refractivity contribution in [3.8, 4) is 5.75 Å². The van der Waals surface area contributed by atoms with Crippen molar-refractivity contribution in [1.82, 2.24) is 4.90 Å². The molecule has 2 aromatic carbocycles. The van der Waals surface area contributed by atoms with E-state index in [0.29, 0.717) is 30.7 Å². The predicted molar refractivity (Wildman–Crippen MR) is 112 cm³/mol. The van der Waals surface area contributed by atoms with Gasteiger partial charge in [-0.3, -0.25) is 14.9 Å². The molecule has 0 aliphatic carbocycles. The summed E-state index contributed by atoms with van der Waals surface area (Å²) in [5, 5.41) is 10.7. The number of anilines is 1. The number of non-ortho nitro benzene ring substituents is 1. The lowest BCUT2D eigenvalue weighted by atomic mass is 10.2. The molecule has 0 aromatic heterocycles. The fraction of sp³-hybridized carbons (Fsp3) is 0.300. The molecule has 2 aromatic rings. The second-order valence-corrected chi connectivity index (χ2v) is 7.58. The van der Waals surface area contributed by atoms with Crippen LogP contribution in [0.4, 0.5) is 15.8 Å². The molecule has 1 aliphatic rings. The van der Waals surface area contributed by atoms with Crippen molar-refractivity contribution in [3.63, 3.8) is 0 Å². The van der Waals surface area contributed by atoms with E-state index in [4.69, 9.17) is 9.47 Å². The first-order chi connectivity index (χ1) is 14.8. The van der Waals surface area contributed by atoms with E-state index in [2.05, 4.69) is 15.9 Å². The molecule has 11 heteroatoms. The van der Waals surface area contributed by atoms with Crippen molar-refractivity contribution in [2.24, 2.45) is 0 Å². The Kier molecular flexibility index (Phi) is 7.40. The number of hydrogen-bond acceptors (Lipinski definition) is 7. The molecule has 0 saturated carbocycles. The third kappa shape index (κ3) is 6.14. The second kappa shape index (κ2) is 10.2. The highest BCUT2D eigenvalue weighted by atomic mass is 79.9. The highest BCUT2D eigenvalue weighted by Gasteiger charge is 2.22. The Labute approximate surface area is 185 Å². The molecule has 1 heterocycles. The number of carbonyl (C=O) groups excluding carboxylic acids is 2. The number of carbonyl (C=O) groups is 2. The number of esters is 1. The summed E-state index contributed by atoms with van der Waals surface area (Å²) in [6, 6.07) is 10.4. The van der Waals surface area contributed by atoms with Crippen LogP contribution in [-0.4, -0.2) is 61.1 Å². The lowest BCUT2D eigenvalue weighted by Gasteiger charge is -2.36. The Morgan fingerprint density at radius 3 is 2.35 bits per heavy atom. The highest BCUT2D eigenvalue weighted by Crippen LogP contribution is 2.22. The molecule has 0 spiro atoms. The van der Waals surface area contributed by atoms with Gasteiger partial charge in [-0.1, -0.05) is 15.9 Å². The molecule has 0 radical (unpaired) electrons. The first-order valence-corrected chi connectivity index (χ1v) is 10.1. The van der Waals surface area contributed by atoms with Gasteiger partial charge in [0.15, 0.2) is 24.8 Å². The van der Waals surface area contributed by atoms with Gasteiger partial charge < -0.3 is 19.3 Å². The number of nitrogens with zero attached hydrogens (tertiary/aromatic N) is 3. The highest BCUT2D eigenvalue weighted by molar-refractivity contribution is 9.10. The van der Waals surface area contributed by atoms with Gasteiger partial charge in [-0.25, -0.2) is 9.18 Å². The Hall–Kier alpha value is -3.21. The first kappa shape index (κ1) is 22.5. The van der Waals surface area contributed by atoms with Gasteiger partial charge in [-0.15, -0.1) is 0 Å². The van der Waals surface area contributed by atoms with E-state index >= 15 is 0 Å². The Morgan fingerprint density at radius 2 is 1.74 bits per heavy atom. The lowest BCUT2D eigenvalue weighted by molar-refractivity contribution is -0.384. The zero-order chi connectivity index (χ0) is 22.4. The molecule has 1 amide bonds. The Balaban J connectivity index is 1.40. The average molecular weight is 496 g/mol. The summed E-state index contributed by atoms with van der Waals surface area (Å²) in [6.45, 7) is 0.997. The van der Waals surface area contributed by atoms with Crippen LogP contribution in [0.5, 0.6) is 5.75 Å². The average Bonchev–Trinajstić information content (AvgIpc) is 2.77. The van der Waals surface area contributed by atoms with E-state index in [0.717, 1.165) is 5.69 Å². The minimum Gasteiger partial charge on any atom is -0.479 e. The summed E-state index contributed by atoms with van der Waals surface area (Å²) in [7, 11) is 0. The monoisotopic (exact) mass is 495 g/mol. The fourth-order valence-electron chi connectivity index (χ4n) is 3.00. The number of nitro benzene ring substituents is 1. The van der Waals surface area contributed by atoms with E-state index in [1.54, 1.807) is 23.1 Å². The van der Waals surface area contributed by atoms with Crippen molar-refractivity contribution < 1.29 is 28.4 Å². The van der Waals surface area contributed by atoms with Crippen LogP contribution in [0, 0.1) is 15.9 Å². The number of ether oxygens (including phenoxy) is 2. The zero-order valence-electron chi connectivity index (χ0n) is 16.3. The van der Waals surface area contributed by atoms with E-state index < -0.39 is 29.9 Å². The van der Waals surface area contributed by atoms with Crippen LogP contribution in [0.3, 0.4) is 0 Å². The van der Waals surface area contributed by atoms with Crippen LogP contribution in [-0.2, 0) is 14.3 Å². The molecule has 31 heavy (non-hydrogen) atoms. The van der Waals surface area contributed by atoms with Gasteiger partial charge in [-0.2, -0.15) is 0 Å². The second-order valence-electron chi connectivity index (χ2n) is 6.67. The van der Waals surface area contributed by atoms with E-state index in [-0.39, 0.29) is 17.3 Å². The molecule has 1 saturated heterocycles. The lowest BCUT2D eigenvalue weighted by Crippen LogP contribution is -2.50. The largest absolute Gasteiger partial charge is 0.479 e. The zero-order valence-corrected chi connectivity index (χ0v) is 17.9. The predicted octanol–water partition coefficient (Wildman–Crippen LogP) is 2.77. The van der Waals surface area contributed by atoms with Crippen LogP contribution in [0.15, 0.2) is 46.9 Å². The molecule has 9 nitrogen and oxygen atoms in total. The molecule has 1 fully saturated rings. The van der Waals surface area contributed by atoms with Gasteiger partial charge in [0.25, 0.3) is 11.6 Å². The molecule has 1 aliphatic heterocycles. The van der Waals surface area contributed by atoms with Crippen LogP contribution in [0.2, 0.25) is 0 Å². The minimum atomic E-state index is -0.778. The van der Waals surface area contributed by atoms with E-state index in [1.165, 1.54) is 24.3 Å². The van der Waals surface area contributed by atoms with Crippen LogP contribution >= 0.6 is 15.9 Å². The van der Waals surface area contributed by atoms with Crippen molar-refractivity contribution in [2.75, 3.05) is 44.3 Å². The third-order valence-corrected chi connectivity index (χ3v) is 5.15. The van der Waals surface area contributed by atoms with Crippen LogP contribution < -0.4 is 9.64 Å². The maximum atomic E-state index is 13.7. The van der Waals surface area contributed by atoms with Crippen LogP contribution in [0.1, 0.15) is 0 Å². The topological polar surface area (TPSA) is 102 Å².